The Morgan fingerprint density at radius 3 is 2.10 bits per heavy atom. The number of sulfonamides is 1. The molecule has 4 aromatic rings. The molecule has 0 unspecified atom stereocenters. The third kappa shape index (κ3) is 7.78. The topological polar surface area (TPSA) is 117 Å². The number of carbonyl (C=O) groups excluding carboxylic acids is 2. The van der Waals surface area contributed by atoms with Gasteiger partial charge in [-0.1, -0.05) is 54.1 Å². The first kappa shape index (κ1) is 28.1. The van der Waals surface area contributed by atoms with Crippen LogP contribution in [0.5, 0.6) is 5.75 Å². The van der Waals surface area contributed by atoms with Crippen LogP contribution in [0.25, 0.3) is 0 Å². The summed E-state index contributed by atoms with van der Waals surface area (Å²) in [4.78, 5) is 24.8. The van der Waals surface area contributed by atoms with Crippen molar-refractivity contribution in [2.45, 2.75) is 11.8 Å². The average molecular weight is 557 g/mol. The summed E-state index contributed by atoms with van der Waals surface area (Å²) in [6, 6.07) is 30.6. The largest absolute Gasteiger partial charge is 0.484 e. The van der Waals surface area contributed by atoms with Gasteiger partial charge in [-0.05, 0) is 73.2 Å². The second kappa shape index (κ2) is 13.2. The summed E-state index contributed by atoms with van der Waals surface area (Å²) in [5.41, 5.74) is 5.05. The van der Waals surface area contributed by atoms with Crippen molar-refractivity contribution in [3.8, 4) is 5.75 Å². The Morgan fingerprint density at radius 2 is 1.45 bits per heavy atom. The molecule has 4 rings (SSSR count). The third-order valence-electron chi connectivity index (χ3n) is 5.65. The molecule has 0 radical (unpaired) electrons. The van der Waals surface area contributed by atoms with Gasteiger partial charge in [0.25, 0.3) is 21.8 Å². The van der Waals surface area contributed by atoms with Crippen molar-refractivity contribution in [1.29, 1.82) is 0 Å². The van der Waals surface area contributed by atoms with E-state index in [0.717, 1.165) is 9.87 Å². The Bertz CT molecular complexity index is 1560. The van der Waals surface area contributed by atoms with Crippen molar-refractivity contribution in [3.05, 3.63) is 120 Å². The summed E-state index contributed by atoms with van der Waals surface area (Å²) in [6.45, 7) is 1.28. The van der Waals surface area contributed by atoms with E-state index >= 15 is 0 Å². The lowest BCUT2D eigenvalue weighted by molar-refractivity contribution is -0.119. The monoisotopic (exact) mass is 556 g/mol. The zero-order chi connectivity index (χ0) is 28.4. The van der Waals surface area contributed by atoms with Gasteiger partial charge in [0, 0.05) is 5.69 Å². The van der Waals surface area contributed by atoms with Crippen LogP contribution in [0.15, 0.2) is 119 Å². The Balaban J connectivity index is 1.34. The van der Waals surface area contributed by atoms with Gasteiger partial charge in [0.2, 0.25) is 0 Å². The van der Waals surface area contributed by atoms with Gasteiger partial charge in [-0.3, -0.25) is 13.9 Å². The molecule has 0 aromatic heterocycles. The number of benzene rings is 4. The Kier molecular flexibility index (Phi) is 9.27. The summed E-state index contributed by atoms with van der Waals surface area (Å²) < 4.78 is 33.2. The minimum absolute atomic E-state index is 0.0757. The molecule has 10 heteroatoms. The van der Waals surface area contributed by atoms with E-state index in [9.17, 15) is 18.0 Å². The zero-order valence-corrected chi connectivity index (χ0v) is 22.5. The molecule has 0 atom stereocenters. The molecule has 0 heterocycles. The minimum atomic E-state index is -4.00. The van der Waals surface area contributed by atoms with Crippen LogP contribution in [-0.4, -0.2) is 39.6 Å². The Hall–Kier alpha value is -4.96. The summed E-state index contributed by atoms with van der Waals surface area (Å²) in [6.07, 6.45) is 1.42. The molecule has 2 amide bonds. The van der Waals surface area contributed by atoms with E-state index in [0.29, 0.717) is 22.7 Å². The number of nitrogens with one attached hydrogen (secondary N) is 2. The predicted molar refractivity (Wildman–Crippen MR) is 155 cm³/mol. The first-order valence-corrected chi connectivity index (χ1v) is 13.8. The van der Waals surface area contributed by atoms with E-state index in [4.69, 9.17) is 4.74 Å². The molecule has 0 spiro atoms. The number of carbonyl (C=O) groups is 2. The minimum Gasteiger partial charge on any atom is -0.484 e. The number of rotatable bonds is 11. The fourth-order valence-corrected chi connectivity index (χ4v) is 5.05. The molecule has 0 bridgehead atoms. The number of anilines is 2. The summed E-state index contributed by atoms with van der Waals surface area (Å²) >= 11 is 0. The molecule has 204 valence electrons. The van der Waals surface area contributed by atoms with Crippen molar-refractivity contribution in [3.63, 3.8) is 0 Å². The standard InChI is InChI=1S/C30H28N4O5S/c1-23-12-16-26(17-13-23)34(40(37,38)28-10-6-3-7-11-28)21-29(35)33-31-20-24-14-18-27(19-15-24)39-22-30(36)32-25-8-4-2-5-9-25/h2-20H,21-22H2,1H3,(H,32,36)(H,33,35)/b31-20-. The molecule has 4 aromatic carbocycles. The van der Waals surface area contributed by atoms with E-state index in [1.807, 2.05) is 25.1 Å². The molecule has 2 N–H and O–H groups in total. The van der Waals surface area contributed by atoms with E-state index < -0.39 is 22.5 Å². The quantitative estimate of drug-likeness (QED) is 0.210. The van der Waals surface area contributed by atoms with Crippen molar-refractivity contribution < 1.29 is 22.7 Å². The van der Waals surface area contributed by atoms with Crippen molar-refractivity contribution >= 4 is 39.4 Å². The van der Waals surface area contributed by atoms with Gasteiger partial charge in [-0.15, -0.1) is 0 Å². The second-order valence-corrected chi connectivity index (χ2v) is 10.6. The number of hydrogen-bond donors (Lipinski definition) is 2. The van der Waals surface area contributed by atoms with Gasteiger partial charge >= 0.3 is 0 Å². The number of ether oxygens (including phenoxy) is 1. The number of nitrogens with zero attached hydrogens (tertiary/aromatic N) is 2. The lowest BCUT2D eigenvalue weighted by Gasteiger charge is -2.23. The van der Waals surface area contributed by atoms with E-state index in [1.165, 1.54) is 18.3 Å². The van der Waals surface area contributed by atoms with Crippen LogP contribution >= 0.6 is 0 Å². The molecular formula is C30H28N4O5S. The van der Waals surface area contributed by atoms with Gasteiger partial charge in [0.15, 0.2) is 6.61 Å². The number of hydrazone groups is 1. The van der Waals surface area contributed by atoms with E-state index in [1.54, 1.807) is 78.9 Å². The molecule has 9 nitrogen and oxygen atoms in total. The Morgan fingerprint density at radius 1 is 0.825 bits per heavy atom. The number of amides is 2. The molecule has 0 aliphatic carbocycles. The van der Waals surface area contributed by atoms with Crippen LogP contribution in [-0.2, 0) is 19.6 Å². The van der Waals surface area contributed by atoms with Gasteiger partial charge in [0.05, 0.1) is 16.8 Å². The maximum absolute atomic E-state index is 13.3. The molecule has 40 heavy (non-hydrogen) atoms. The molecule has 0 saturated carbocycles. The molecule has 0 aliphatic rings. The van der Waals surface area contributed by atoms with Crippen LogP contribution in [0.2, 0.25) is 0 Å². The summed E-state index contributed by atoms with van der Waals surface area (Å²) in [5.74, 6) is -0.404. The van der Waals surface area contributed by atoms with Crippen LogP contribution < -0.4 is 19.8 Å². The predicted octanol–water partition coefficient (Wildman–Crippen LogP) is 4.36. The molecular weight excluding hydrogens is 528 g/mol. The number of aryl methyl sites for hydroxylation is 1. The molecule has 0 fully saturated rings. The summed E-state index contributed by atoms with van der Waals surface area (Å²) in [5, 5.41) is 6.70. The van der Waals surface area contributed by atoms with Crippen molar-refractivity contribution in [1.82, 2.24) is 5.43 Å². The van der Waals surface area contributed by atoms with Crippen LogP contribution in [0.4, 0.5) is 11.4 Å². The van der Waals surface area contributed by atoms with Gasteiger partial charge in [-0.25, -0.2) is 13.8 Å². The highest BCUT2D eigenvalue weighted by Gasteiger charge is 2.27. The van der Waals surface area contributed by atoms with Crippen LogP contribution in [0, 0.1) is 6.92 Å². The average Bonchev–Trinajstić information content (AvgIpc) is 2.97. The van der Waals surface area contributed by atoms with Gasteiger partial charge in [-0.2, -0.15) is 5.10 Å². The highest BCUT2D eigenvalue weighted by Crippen LogP contribution is 2.24. The van der Waals surface area contributed by atoms with Crippen molar-refractivity contribution in [2.24, 2.45) is 5.10 Å². The highest BCUT2D eigenvalue weighted by atomic mass is 32.2. The molecule has 0 saturated heterocycles. The first-order valence-electron chi connectivity index (χ1n) is 12.4. The van der Waals surface area contributed by atoms with Gasteiger partial charge < -0.3 is 10.1 Å². The zero-order valence-electron chi connectivity index (χ0n) is 21.7. The number of para-hydroxylation sites is 1. The first-order chi connectivity index (χ1) is 19.3. The highest BCUT2D eigenvalue weighted by molar-refractivity contribution is 7.92. The van der Waals surface area contributed by atoms with Gasteiger partial charge in [0.1, 0.15) is 12.3 Å². The SMILES string of the molecule is Cc1ccc(N(CC(=O)N/N=C\c2ccc(OCC(=O)Nc3ccccc3)cc2)S(=O)(=O)c2ccccc2)cc1. The lowest BCUT2D eigenvalue weighted by atomic mass is 10.2. The van der Waals surface area contributed by atoms with Crippen molar-refractivity contribution in [2.75, 3.05) is 22.8 Å². The third-order valence-corrected chi connectivity index (χ3v) is 7.44. The second-order valence-electron chi connectivity index (χ2n) is 8.73. The van der Waals surface area contributed by atoms with E-state index in [2.05, 4.69) is 15.8 Å². The smallest absolute Gasteiger partial charge is 0.264 e. The van der Waals surface area contributed by atoms with E-state index in [-0.39, 0.29) is 17.4 Å². The summed E-state index contributed by atoms with van der Waals surface area (Å²) in [7, 11) is -4.00. The maximum Gasteiger partial charge on any atom is 0.264 e. The normalized spacial score (nSPS) is 11.1. The van der Waals surface area contributed by atoms with Crippen LogP contribution in [0.3, 0.4) is 0 Å². The fourth-order valence-electron chi connectivity index (χ4n) is 3.61. The fraction of sp³-hybridized carbons (Fsp3) is 0.100. The van der Waals surface area contributed by atoms with Crippen LogP contribution in [0.1, 0.15) is 11.1 Å². The lowest BCUT2D eigenvalue weighted by Crippen LogP contribution is -2.39. The number of hydrogen-bond acceptors (Lipinski definition) is 6. The Labute approximate surface area is 233 Å². The molecule has 0 aliphatic heterocycles. The maximum atomic E-state index is 13.3.